The normalized spacial score (nSPS) is 40.5. The van der Waals surface area contributed by atoms with Crippen LogP contribution in [-0.2, 0) is 19.1 Å². The summed E-state index contributed by atoms with van der Waals surface area (Å²) in [5.41, 5.74) is -0.228. The van der Waals surface area contributed by atoms with Gasteiger partial charge in [0.1, 0.15) is 12.1 Å². The summed E-state index contributed by atoms with van der Waals surface area (Å²) in [6, 6.07) is 0. The van der Waals surface area contributed by atoms with E-state index >= 15 is 0 Å². The van der Waals surface area contributed by atoms with E-state index in [1.165, 1.54) is 5.57 Å². The number of Topliss-reactive ketones (excluding diaryl/α,β-unsaturated/α-hetero) is 1. The highest BCUT2D eigenvalue weighted by molar-refractivity contribution is 5.88. The van der Waals surface area contributed by atoms with Crippen LogP contribution in [-0.4, -0.2) is 31.6 Å². The molecule has 0 bridgehead atoms. The Balaban J connectivity index is 1.97. The summed E-state index contributed by atoms with van der Waals surface area (Å²) < 4.78 is 11.4. The van der Waals surface area contributed by atoms with Crippen LogP contribution in [0.2, 0.25) is 0 Å². The first-order chi connectivity index (χ1) is 12.8. The molecule has 0 unspecified atom stereocenters. The maximum atomic E-state index is 13.8. The minimum Gasteiger partial charge on any atom is -0.349 e. The summed E-state index contributed by atoms with van der Waals surface area (Å²) in [6.07, 6.45) is 8.57. The zero-order chi connectivity index (χ0) is 19.9. The van der Waals surface area contributed by atoms with Crippen molar-refractivity contribution in [2.24, 2.45) is 28.1 Å². The molecule has 1 saturated heterocycles. The first kappa shape index (κ1) is 20.5. The lowest BCUT2D eigenvalue weighted by Gasteiger charge is -2.52. The van der Waals surface area contributed by atoms with Crippen LogP contribution < -0.4 is 0 Å². The summed E-state index contributed by atoms with van der Waals surface area (Å²) in [5.74, 6) is 0.438. The number of carbonyl (C=O) groups excluding carboxylic acids is 2. The van der Waals surface area contributed by atoms with Crippen molar-refractivity contribution >= 4 is 12.1 Å². The third-order valence-electron chi connectivity index (χ3n) is 7.87. The van der Waals surface area contributed by atoms with Gasteiger partial charge in [0.2, 0.25) is 0 Å². The fourth-order valence-corrected chi connectivity index (χ4v) is 5.82. The smallest absolute Gasteiger partial charge is 0.166 e. The molecule has 150 valence electrons. The molecular weight excluding hydrogens is 340 g/mol. The molecule has 2 saturated carbocycles. The van der Waals surface area contributed by atoms with Crippen molar-refractivity contribution in [2.45, 2.75) is 66.1 Å². The van der Waals surface area contributed by atoms with Crippen molar-refractivity contribution in [3.05, 3.63) is 24.3 Å². The minimum absolute atomic E-state index is 0.00299. The molecule has 0 amide bonds. The van der Waals surface area contributed by atoms with Crippen LogP contribution in [0.25, 0.3) is 0 Å². The third-order valence-corrected chi connectivity index (χ3v) is 7.87. The van der Waals surface area contributed by atoms with Crippen molar-refractivity contribution in [1.29, 1.82) is 0 Å². The molecule has 27 heavy (non-hydrogen) atoms. The molecule has 4 heteroatoms. The van der Waals surface area contributed by atoms with Gasteiger partial charge in [0.05, 0.1) is 13.2 Å². The predicted molar refractivity (Wildman–Crippen MR) is 105 cm³/mol. The number of hydrogen-bond donors (Lipinski definition) is 0. The van der Waals surface area contributed by atoms with Crippen molar-refractivity contribution < 1.29 is 19.1 Å². The van der Waals surface area contributed by atoms with Crippen LogP contribution in [0.3, 0.4) is 0 Å². The summed E-state index contributed by atoms with van der Waals surface area (Å²) >= 11 is 0. The average Bonchev–Trinajstić information content (AvgIpc) is 3.33. The average molecular weight is 375 g/mol. The van der Waals surface area contributed by atoms with E-state index < -0.39 is 17.1 Å². The van der Waals surface area contributed by atoms with Crippen LogP contribution in [0.15, 0.2) is 24.3 Å². The van der Waals surface area contributed by atoms with Gasteiger partial charge < -0.3 is 14.3 Å². The molecule has 1 aliphatic heterocycles. The Morgan fingerprint density at radius 1 is 1.33 bits per heavy atom. The van der Waals surface area contributed by atoms with Crippen molar-refractivity contribution in [2.75, 3.05) is 13.2 Å². The van der Waals surface area contributed by atoms with E-state index in [1.54, 1.807) is 6.08 Å². The van der Waals surface area contributed by atoms with E-state index in [0.29, 0.717) is 19.6 Å². The minimum atomic E-state index is -0.563. The van der Waals surface area contributed by atoms with Crippen molar-refractivity contribution in [1.82, 2.24) is 0 Å². The lowest BCUT2D eigenvalue weighted by atomic mass is 9.50. The molecule has 0 aromatic heterocycles. The predicted octanol–water partition coefficient (Wildman–Crippen LogP) is 4.49. The second-order valence-corrected chi connectivity index (χ2v) is 9.25. The second kappa shape index (κ2) is 7.29. The first-order valence-corrected chi connectivity index (χ1v) is 10.3. The molecular formula is C23H34O4. The van der Waals surface area contributed by atoms with Gasteiger partial charge in [-0.25, -0.2) is 0 Å². The SMILES string of the molecule is C=C[C@](C)(CC(=O)[C@]1(C)[C@H](C)CC[C@@]2(C=O)CC/C(=C\C)[C@H]21)C1OCCO1. The van der Waals surface area contributed by atoms with Gasteiger partial charge in [0.15, 0.2) is 6.29 Å². The number of allylic oxidation sites excluding steroid dienone is 2. The van der Waals surface area contributed by atoms with Gasteiger partial charge in [-0.3, -0.25) is 4.79 Å². The molecule has 3 aliphatic rings. The highest BCUT2D eigenvalue weighted by atomic mass is 16.7. The number of aldehydes is 1. The van der Waals surface area contributed by atoms with E-state index in [1.807, 2.05) is 13.8 Å². The molecule has 3 rings (SSSR count). The van der Waals surface area contributed by atoms with E-state index in [-0.39, 0.29) is 23.0 Å². The van der Waals surface area contributed by atoms with Crippen LogP contribution in [0.4, 0.5) is 0 Å². The van der Waals surface area contributed by atoms with Crippen molar-refractivity contribution in [3.63, 3.8) is 0 Å². The standard InChI is InChI=1S/C23H34O4/c1-6-17-9-11-23(15-24)10-8-16(3)22(5,19(17)23)18(25)14-21(4,7-2)20-26-12-13-27-20/h6-7,15-16,19-20H,2,8-14H2,1,3-5H3/b17-6+/t16-,19+,21-,22+,23+/m1/s1. The van der Waals surface area contributed by atoms with Gasteiger partial charge in [-0.2, -0.15) is 0 Å². The Bertz CT molecular complexity index is 647. The maximum absolute atomic E-state index is 13.8. The number of carbonyl (C=O) groups is 2. The van der Waals surface area contributed by atoms with Gasteiger partial charge in [-0.15, -0.1) is 6.58 Å². The van der Waals surface area contributed by atoms with Crippen LogP contribution >= 0.6 is 0 Å². The van der Waals surface area contributed by atoms with Gasteiger partial charge in [0.25, 0.3) is 0 Å². The summed E-state index contributed by atoms with van der Waals surface area (Å²) in [4.78, 5) is 26.0. The molecule has 0 aromatic carbocycles. The molecule has 5 atom stereocenters. The van der Waals surface area contributed by atoms with E-state index in [2.05, 4.69) is 26.5 Å². The molecule has 3 fully saturated rings. The quantitative estimate of drug-likeness (QED) is 0.508. The van der Waals surface area contributed by atoms with E-state index in [0.717, 1.165) is 32.0 Å². The Hall–Kier alpha value is -1.26. The highest BCUT2D eigenvalue weighted by Gasteiger charge is 2.61. The highest BCUT2D eigenvalue weighted by Crippen LogP contribution is 2.63. The molecule has 4 nitrogen and oxygen atoms in total. The number of fused-ring (bicyclic) bond motifs is 1. The number of hydrogen-bond acceptors (Lipinski definition) is 4. The molecule has 0 N–H and O–H groups in total. The summed E-state index contributed by atoms with van der Waals surface area (Å²) in [6.45, 7) is 13.4. The number of ketones is 1. The monoisotopic (exact) mass is 374 g/mol. The number of rotatable bonds is 6. The lowest BCUT2D eigenvalue weighted by Crippen LogP contribution is -2.53. The zero-order valence-electron chi connectivity index (χ0n) is 17.3. The van der Waals surface area contributed by atoms with Crippen LogP contribution in [0.5, 0.6) is 0 Å². The van der Waals surface area contributed by atoms with Gasteiger partial charge >= 0.3 is 0 Å². The van der Waals surface area contributed by atoms with Gasteiger partial charge in [-0.05, 0) is 38.5 Å². The molecule has 1 heterocycles. The Kier molecular flexibility index (Phi) is 5.53. The molecule has 2 aliphatic carbocycles. The lowest BCUT2D eigenvalue weighted by molar-refractivity contribution is -0.153. The Morgan fingerprint density at radius 2 is 2.00 bits per heavy atom. The summed E-state index contributed by atoms with van der Waals surface area (Å²) in [7, 11) is 0. The summed E-state index contributed by atoms with van der Waals surface area (Å²) in [5, 5.41) is 0. The Labute approximate surface area is 163 Å². The molecule has 0 spiro atoms. The fraction of sp³-hybridized carbons (Fsp3) is 0.739. The molecule has 0 radical (unpaired) electrons. The largest absolute Gasteiger partial charge is 0.349 e. The van der Waals surface area contributed by atoms with Gasteiger partial charge in [0, 0.05) is 28.6 Å². The Morgan fingerprint density at radius 3 is 2.56 bits per heavy atom. The van der Waals surface area contributed by atoms with Crippen molar-refractivity contribution in [3.8, 4) is 0 Å². The van der Waals surface area contributed by atoms with Gasteiger partial charge in [-0.1, -0.05) is 38.5 Å². The maximum Gasteiger partial charge on any atom is 0.166 e. The topological polar surface area (TPSA) is 52.6 Å². The second-order valence-electron chi connectivity index (χ2n) is 9.25. The molecule has 0 aromatic rings. The number of ether oxygens (including phenoxy) is 2. The van der Waals surface area contributed by atoms with Crippen LogP contribution in [0, 0.1) is 28.1 Å². The van der Waals surface area contributed by atoms with Crippen LogP contribution in [0.1, 0.15) is 59.8 Å². The van der Waals surface area contributed by atoms with E-state index in [9.17, 15) is 9.59 Å². The fourth-order valence-electron chi connectivity index (χ4n) is 5.82. The first-order valence-electron chi connectivity index (χ1n) is 10.3. The third kappa shape index (κ3) is 3.05. The zero-order valence-corrected chi connectivity index (χ0v) is 17.3. The van der Waals surface area contributed by atoms with E-state index in [4.69, 9.17) is 9.47 Å².